The van der Waals surface area contributed by atoms with Gasteiger partial charge in [0, 0.05) is 32.4 Å². The predicted octanol–water partition coefficient (Wildman–Crippen LogP) is 1.68. The number of furan rings is 1. The molecular weight excluding hydrogens is 404 g/mol. The fourth-order valence-corrected chi connectivity index (χ4v) is 3.72. The summed E-state index contributed by atoms with van der Waals surface area (Å²) in [6.07, 6.45) is 3.02. The van der Waals surface area contributed by atoms with Gasteiger partial charge in [-0.05, 0) is 49.0 Å². The summed E-state index contributed by atoms with van der Waals surface area (Å²) >= 11 is 5.23. The summed E-state index contributed by atoms with van der Waals surface area (Å²) in [5, 5.41) is 2.65. The Kier molecular flexibility index (Phi) is 5.37. The molecule has 0 bridgehead atoms. The number of hydrogen-bond donors (Lipinski definition) is 1. The summed E-state index contributed by atoms with van der Waals surface area (Å²) in [7, 11) is 0. The highest BCUT2D eigenvalue weighted by Gasteiger charge is 2.35. The number of hydrogen-bond acceptors (Lipinski definition) is 6. The van der Waals surface area contributed by atoms with Gasteiger partial charge in [-0.2, -0.15) is 0 Å². The van der Waals surface area contributed by atoms with Gasteiger partial charge in [-0.3, -0.25) is 24.6 Å². The van der Waals surface area contributed by atoms with Crippen molar-refractivity contribution >= 4 is 40.7 Å². The van der Waals surface area contributed by atoms with E-state index in [9.17, 15) is 14.4 Å². The van der Waals surface area contributed by atoms with E-state index in [2.05, 4.69) is 5.32 Å². The second-order valence-corrected chi connectivity index (χ2v) is 7.47. The second-order valence-electron chi connectivity index (χ2n) is 7.09. The number of anilines is 1. The minimum atomic E-state index is -0.525. The van der Waals surface area contributed by atoms with Crippen molar-refractivity contribution in [2.24, 2.45) is 0 Å². The normalized spacial score (nSPS) is 18.8. The molecule has 0 radical (unpaired) electrons. The zero-order chi connectivity index (χ0) is 21.3. The second kappa shape index (κ2) is 8.11. The summed E-state index contributed by atoms with van der Waals surface area (Å²) in [5.74, 6) is -0.868. The SMILES string of the molecule is Cc1cccc(N2C(=O)/C(=C\N3CCN(C(=O)c4ccco4)CC3)C(=O)NC2=S)c1. The molecule has 3 amide bonds. The monoisotopic (exact) mass is 424 g/mol. The summed E-state index contributed by atoms with van der Waals surface area (Å²) in [6, 6.07) is 10.6. The van der Waals surface area contributed by atoms with E-state index in [4.69, 9.17) is 16.6 Å². The molecule has 3 heterocycles. The van der Waals surface area contributed by atoms with Crippen LogP contribution in [-0.2, 0) is 9.59 Å². The first kappa shape index (κ1) is 19.8. The molecule has 0 spiro atoms. The quantitative estimate of drug-likeness (QED) is 0.458. The third-order valence-electron chi connectivity index (χ3n) is 5.01. The Morgan fingerprint density at radius 2 is 1.90 bits per heavy atom. The summed E-state index contributed by atoms with van der Waals surface area (Å²) in [6.45, 7) is 3.81. The highest BCUT2D eigenvalue weighted by atomic mass is 32.1. The van der Waals surface area contributed by atoms with Crippen LogP contribution in [-0.4, -0.2) is 58.8 Å². The van der Waals surface area contributed by atoms with Crippen molar-refractivity contribution in [2.45, 2.75) is 6.92 Å². The van der Waals surface area contributed by atoms with Crippen LogP contribution in [0.2, 0.25) is 0 Å². The highest BCUT2D eigenvalue weighted by Crippen LogP contribution is 2.22. The van der Waals surface area contributed by atoms with Gasteiger partial charge in [-0.25, -0.2) is 0 Å². The smallest absolute Gasteiger partial charge is 0.289 e. The van der Waals surface area contributed by atoms with Gasteiger partial charge in [-0.15, -0.1) is 0 Å². The Balaban J connectivity index is 1.49. The van der Waals surface area contributed by atoms with Crippen molar-refractivity contribution < 1.29 is 18.8 Å². The minimum absolute atomic E-state index is 0.0101. The maximum atomic E-state index is 13.1. The molecule has 2 aliphatic heterocycles. The van der Waals surface area contributed by atoms with Crippen LogP contribution in [0.3, 0.4) is 0 Å². The maximum Gasteiger partial charge on any atom is 0.289 e. The molecule has 4 rings (SSSR count). The first-order valence-corrected chi connectivity index (χ1v) is 9.90. The molecule has 1 aromatic heterocycles. The van der Waals surface area contributed by atoms with E-state index in [1.165, 1.54) is 11.2 Å². The minimum Gasteiger partial charge on any atom is -0.459 e. The van der Waals surface area contributed by atoms with Crippen molar-refractivity contribution in [3.8, 4) is 0 Å². The van der Waals surface area contributed by atoms with Gasteiger partial charge in [0.25, 0.3) is 17.7 Å². The topological polar surface area (TPSA) is 86.1 Å². The third kappa shape index (κ3) is 3.84. The zero-order valence-corrected chi connectivity index (χ0v) is 17.1. The van der Waals surface area contributed by atoms with Crippen LogP contribution >= 0.6 is 12.2 Å². The largest absolute Gasteiger partial charge is 0.459 e. The number of rotatable bonds is 3. The van der Waals surface area contributed by atoms with Crippen molar-refractivity contribution in [1.29, 1.82) is 0 Å². The molecule has 2 aromatic rings. The molecular formula is C21H20N4O4S. The van der Waals surface area contributed by atoms with E-state index in [-0.39, 0.29) is 16.6 Å². The first-order chi connectivity index (χ1) is 14.4. The Hall–Kier alpha value is -3.46. The van der Waals surface area contributed by atoms with Gasteiger partial charge in [0.15, 0.2) is 10.9 Å². The van der Waals surface area contributed by atoms with Crippen LogP contribution in [0.4, 0.5) is 5.69 Å². The summed E-state index contributed by atoms with van der Waals surface area (Å²) in [5.41, 5.74) is 1.59. The molecule has 0 unspecified atom stereocenters. The molecule has 9 heteroatoms. The van der Waals surface area contributed by atoms with Crippen LogP contribution in [0.1, 0.15) is 16.1 Å². The molecule has 0 aliphatic carbocycles. The third-order valence-corrected chi connectivity index (χ3v) is 5.29. The molecule has 2 aliphatic rings. The van der Waals surface area contributed by atoms with Crippen molar-refractivity contribution in [2.75, 3.05) is 31.1 Å². The van der Waals surface area contributed by atoms with E-state index < -0.39 is 11.8 Å². The number of thiocarbonyl (C=S) groups is 1. The molecule has 154 valence electrons. The Morgan fingerprint density at radius 1 is 1.13 bits per heavy atom. The number of nitrogens with zero attached hydrogens (tertiary/aromatic N) is 3. The summed E-state index contributed by atoms with van der Waals surface area (Å²) in [4.78, 5) is 42.8. The average molecular weight is 424 g/mol. The lowest BCUT2D eigenvalue weighted by atomic mass is 10.1. The van der Waals surface area contributed by atoms with Crippen molar-refractivity contribution in [3.05, 3.63) is 65.8 Å². The van der Waals surface area contributed by atoms with E-state index in [0.717, 1.165) is 5.56 Å². The van der Waals surface area contributed by atoms with Crippen molar-refractivity contribution in [3.63, 3.8) is 0 Å². The van der Waals surface area contributed by atoms with Crippen LogP contribution < -0.4 is 10.2 Å². The molecule has 2 fully saturated rings. The molecule has 1 aromatic carbocycles. The Bertz CT molecular complexity index is 1040. The lowest BCUT2D eigenvalue weighted by molar-refractivity contribution is -0.122. The average Bonchev–Trinajstić information content (AvgIpc) is 3.26. The first-order valence-electron chi connectivity index (χ1n) is 9.49. The zero-order valence-electron chi connectivity index (χ0n) is 16.3. The number of nitrogens with one attached hydrogen (secondary N) is 1. The molecule has 0 saturated carbocycles. The number of carbonyl (C=O) groups is 3. The van der Waals surface area contributed by atoms with Gasteiger partial charge in [0.1, 0.15) is 5.57 Å². The number of aryl methyl sites for hydroxylation is 1. The molecule has 1 N–H and O–H groups in total. The Labute approximate surface area is 178 Å². The van der Waals surface area contributed by atoms with Crippen LogP contribution in [0.25, 0.3) is 0 Å². The highest BCUT2D eigenvalue weighted by molar-refractivity contribution is 7.80. The fourth-order valence-electron chi connectivity index (χ4n) is 3.44. The lowest BCUT2D eigenvalue weighted by Gasteiger charge is -2.35. The van der Waals surface area contributed by atoms with E-state index in [0.29, 0.717) is 37.6 Å². The Morgan fingerprint density at radius 3 is 2.57 bits per heavy atom. The summed E-state index contributed by atoms with van der Waals surface area (Å²) < 4.78 is 5.17. The van der Waals surface area contributed by atoms with Crippen LogP contribution in [0.15, 0.2) is 58.9 Å². The predicted molar refractivity (Wildman–Crippen MR) is 114 cm³/mol. The van der Waals surface area contributed by atoms with Gasteiger partial charge >= 0.3 is 0 Å². The molecule has 8 nitrogen and oxygen atoms in total. The molecule has 30 heavy (non-hydrogen) atoms. The maximum absolute atomic E-state index is 13.1. The van der Waals surface area contributed by atoms with Crippen molar-refractivity contribution in [1.82, 2.24) is 15.1 Å². The number of piperazine rings is 1. The fraction of sp³-hybridized carbons (Fsp3) is 0.238. The van der Waals surface area contributed by atoms with Crippen LogP contribution in [0, 0.1) is 6.92 Å². The van der Waals surface area contributed by atoms with Crippen LogP contribution in [0.5, 0.6) is 0 Å². The van der Waals surface area contributed by atoms with E-state index in [1.807, 2.05) is 30.0 Å². The molecule has 2 saturated heterocycles. The lowest BCUT2D eigenvalue weighted by Crippen LogP contribution is -2.55. The number of benzene rings is 1. The van der Waals surface area contributed by atoms with E-state index >= 15 is 0 Å². The van der Waals surface area contributed by atoms with Gasteiger partial charge in [-0.1, -0.05) is 12.1 Å². The molecule has 0 atom stereocenters. The standard InChI is InChI=1S/C21H20N4O4S/c1-14-4-2-5-15(12-14)25-19(27)16(18(26)22-21(25)30)13-23-7-9-24(10-8-23)20(28)17-6-3-11-29-17/h2-6,11-13H,7-10H2,1H3,(H,22,26,30)/b16-13-. The number of carbonyl (C=O) groups excluding carboxylic acids is 3. The van der Waals surface area contributed by atoms with Gasteiger partial charge in [0.05, 0.1) is 12.0 Å². The number of amides is 3. The van der Waals surface area contributed by atoms with Gasteiger partial charge < -0.3 is 14.2 Å². The van der Waals surface area contributed by atoms with E-state index in [1.54, 1.807) is 29.3 Å². The van der Waals surface area contributed by atoms with Gasteiger partial charge in [0.2, 0.25) is 0 Å².